The number of rotatable bonds is 6. The number of aromatic nitrogens is 4. The highest BCUT2D eigenvalue weighted by Crippen LogP contribution is 2.46. The Morgan fingerprint density at radius 3 is 2.72 bits per heavy atom. The fraction of sp³-hybridized carbons (Fsp3) is 0.381. The molecule has 4 rings (SSSR count). The highest BCUT2D eigenvalue weighted by molar-refractivity contribution is 7.15. The van der Waals surface area contributed by atoms with E-state index in [0.29, 0.717) is 41.5 Å². The largest absolute Gasteiger partial charge is 0.476 e. The first-order valence-electron chi connectivity index (χ1n) is 9.48. The van der Waals surface area contributed by atoms with Crippen LogP contribution >= 0.6 is 11.3 Å². The highest BCUT2D eigenvalue weighted by atomic mass is 32.1. The average molecular weight is 407 g/mol. The van der Waals surface area contributed by atoms with Crippen molar-refractivity contribution in [3.05, 3.63) is 52.2 Å². The van der Waals surface area contributed by atoms with Crippen LogP contribution < -0.4 is 9.64 Å². The molecule has 1 saturated carbocycles. The van der Waals surface area contributed by atoms with E-state index in [0.717, 1.165) is 27.8 Å². The van der Waals surface area contributed by atoms with E-state index in [-0.39, 0.29) is 0 Å². The quantitative estimate of drug-likeness (QED) is 0.609. The topological polar surface area (TPSA) is 87.8 Å². The van der Waals surface area contributed by atoms with Crippen LogP contribution in [0.3, 0.4) is 0 Å². The Bertz CT molecular complexity index is 1070. The van der Waals surface area contributed by atoms with Gasteiger partial charge in [-0.2, -0.15) is 10.2 Å². The predicted molar refractivity (Wildman–Crippen MR) is 112 cm³/mol. The van der Waals surface area contributed by atoms with Crippen LogP contribution in [0, 0.1) is 38.0 Å². The second-order valence-corrected chi connectivity index (χ2v) is 8.42. The maximum Gasteiger partial charge on any atom is 0.237 e. The molecule has 0 N–H and O–H groups in total. The molecule has 0 spiro atoms. The number of anilines is 2. The Hall–Kier alpha value is -3.05. The molecule has 29 heavy (non-hydrogen) atoms. The predicted octanol–water partition coefficient (Wildman–Crippen LogP) is 4.08. The standard InChI is InChI=1S/C21H22N6OS/c1-12-21(29-14(3)24-12)27(4)19-17(10-22)20(26-13(2)25-19)28-11-15-9-16(15)18-7-5-6-8-23-18/h5-8,15-16H,9,11H2,1-4H3. The number of hydrogen-bond acceptors (Lipinski definition) is 8. The summed E-state index contributed by atoms with van der Waals surface area (Å²) in [7, 11) is 1.89. The van der Waals surface area contributed by atoms with Crippen LogP contribution in [-0.4, -0.2) is 33.6 Å². The van der Waals surface area contributed by atoms with E-state index in [1.54, 1.807) is 11.3 Å². The van der Waals surface area contributed by atoms with E-state index in [2.05, 4.69) is 26.0 Å². The smallest absolute Gasteiger partial charge is 0.237 e. The lowest BCUT2D eigenvalue weighted by atomic mass is 10.2. The Morgan fingerprint density at radius 1 is 1.24 bits per heavy atom. The molecule has 7 nitrogen and oxygen atoms in total. The van der Waals surface area contributed by atoms with Crippen molar-refractivity contribution in [3.8, 4) is 11.9 Å². The van der Waals surface area contributed by atoms with Gasteiger partial charge in [0, 0.05) is 30.8 Å². The van der Waals surface area contributed by atoms with Crippen molar-refractivity contribution >= 4 is 22.2 Å². The molecule has 3 aromatic rings. The summed E-state index contributed by atoms with van der Waals surface area (Å²) < 4.78 is 6.01. The first kappa shape index (κ1) is 19.3. The van der Waals surface area contributed by atoms with Crippen molar-refractivity contribution in [2.45, 2.75) is 33.1 Å². The van der Waals surface area contributed by atoms with Crippen molar-refractivity contribution in [1.82, 2.24) is 19.9 Å². The number of hydrogen-bond donors (Lipinski definition) is 0. The van der Waals surface area contributed by atoms with Crippen molar-refractivity contribution in [2.24, 2.45) is 5.92 Å². The fourth-order valence-electron chi connectivity index (χ4n) is 3.48. The minimum absolute atomic E-state index is 0.340. The number of thiazole rings is 1. The van der Waals surface area contributed by atoms with Gasteiger partial charge in [-0.3, -0.25) is 4.98 Å². The van der Waals surface area contributed by atoms with Crippen LogP contribution in [0.1, 0.15) is 40.1 Å². The van der Waals surface area contributed by atoms with E-state index in [1.165, 1.54) is 0 Å². The normalized spacial score (nSPS) is 17.6. The summed E-state index contributed by atoms with van der Waals surface area (Å²) in [5, 5.41) is 11.7. The van der Waals surface area contributed by atoms with Gasteiger partial charge >= 0.3 is 0 Å². The first-order valence-corrected chi connectivity index (χ1v) is 10.3. The minimum atomic E-state index is 0.340. The van der Waals surface area contributed by atoms with Crippen molar-refractivity contribution in [1.29, 1.82) is 5.26 Å². The third-order valence-corrected chi connectivity index (χ3v) is 6.16. The van der Waals surface area contributed by atoms with Gasteiger partial charge in [0.15, 0.2) is 11.4 Å². The zero-order valence-electron chi connectivity index (χ0n) is 16.9. The Labute approximate surface area is 174 Å². The molecule has 1 aliphatic carbocycles. The molecule has 1 aliphatic rings. The Morgan fingerprint density at radius 2 is 2.07 bits per heavy atom. The monoisotopic (exact) mass is 406 g/mol. The van der Waals surface area contributed by atoms with Gasteiger partial charge in [-0.25, -0.2) is 9.97 Å². The molecule has 0 aromatic carbocycles. The van der Waals surface area contributed by atoms with Gasteiger partial charge in [0.2, 0.25) is 5.88 Å². The third kappa shape index (κ3) is 3.91. The summed E-state index contributed by atoms with van der Waals surface area (Å²) in [5.41, 5.74) is 2.35. The molecule has 2 unspecified atom stereocenters. The molecule has 0 bridgehead atoms. The molecule has 3 heterocycles. The molecule has 0 amide bonds. The third-order valence-electron chi connectivity index (χ3n) is 5.01. The van der Waals surface area contributed by atoms with Gasteiger partial charge in [-0.05, 0) is 39.3 Å². The maximum absolute atomic E-state index is 9.81. The van der Waals surface area contributed by atoms with Crippen LogP contribution in [0.15, 0.2) is 24.4 Å². The van der Waals surface area contributed by atoms with Gasteiger partial charge in [0.05, 0.1) is 17.3 Å². The van der Waals surface area contributed by atoms with E-state index in [1.807, 2.05) is 57.1 Å². The van der Waals surface area contributed by atoms with Crippen molar-refractivity contribution in [2.75, 3.05) is 18.6 Å². The first-order chi connectivity index (χ1) is 14.0. The second-order valence-electron chi connectivity index (χ2n) is 7.24. The van der Waals surface area contributed by atoms with E-state index < -0.39 is 0 Å². The number of pyridine rings is 1. The molecular formula is C21H22N6OS. The molecule has 3 aromatic heterocycles. The molecule has 0 radical (unpaired) electrons. The fourth-order valence-corrected chi connectivity index (χ4v) is 4.36. The van der Waals surface area contributed by atoms with Crippen LogP contribution in [0.2, 0.25) is 0 Å². The summed E-state index contributed by atoms with van der Waals surface area (Å²) in [6.07, 6.45) is 2.85. The number of ether oxygens (including phenoxy) is 1. The lowest BCUT2D eigenvalue weighted by Gasteiger charge is -2.19. The SMILES string of the molecule is Cc1nc(OCC2CC2c2ccccn2)c(C#N)c(N(C)c2sc(C)nc2C)n1. The molecule has 148 valence electrons. The van der Waals surface area contributed by atoms with Gasteiger partial charge in [0.1, 0.15) is 16.9 Å². The van der Waals surface area contributed by atoms with Crippen LogP contribution in [0.25, 0.3) is 0 Å². The highest BCUT2D eigenvalue weighted by Gasteiger charge is 2.40. The van der Waals surface area contributed by atoms with E-state index >= 15 is 0 Å². The number of aryl methyl sites for hydroxylation is 3. The Kier molecular flexibility index (Phi) is 5.16. The van der Waals surface area contributed by atoms with Gasteiger partial charge in [-0.15, -0.1) is 11.3 Å². The van der Waals surface area contributed by atoms with E-state index in [4.69, 9.17) is 4.74 Å². The summed E-state index contributed by atoms with van der Waals surface area (Å²) in [5.74, 6) is 2.25. The lowest BCUT2D eigenvalue weighted by molar-refractivity contribution is 0.283. The lowest BCUT2D eigenvalue weighted by Crippen LogP contribution is -2.16. The second kappa shape index (κ2) is 7.76. The van der Waals surface area contributed by atoms with Crippen LogP contribution in [0.4, 0.5) is 10.8 Å². The van der Waals surface area contributed by atoms with Crippen LogP contribution in [-0.2, 0) is 0 Å². The van der Waals surface area contributed by atoms with Gasteiger partial charge in [-0.1, -0.05) is 6.07 Å². The van der Waals surface area contributed by atoms with E-state index in [9.17, 15) is 5.26 Å². The molecule has 2 atom stereocenters. The molecule has 0 saturated heterocycles. The Balaban J connectivity index is 1.55. The zero-order chi connectivity index (χ0) is 20.5. The summed E-state index contributed by atoms with van der Waals surface area (Å²) in [4.78, 5) is 19.7. The van der Waals surface area contributed by atoms with Gasteiger partial charge in [0.25, 0.3) is 0 Å². The molecule has 0 aliphatic heterocycles. The number of nitrogens with zero attached hydrogens (tertiary/aromatic N) is 6. The minimum Gasteiger partial charge on any atom is -0.476 e. The summed E-state index contributed by atoms with van der Waals surface area (Å²) >= 11 is 1.57. The number of nitriles is 1. The van der Waals surface area contributed by atoms with Gasteiger partial charge < -0.3 is 9.64 Å². The van der Waals surface area contributed by atoms with Crippen LogP contribution in [0.5, 0.6) is 5.88 Å². The maximum atomic E-state index is 9.81. The van der Waals surface area contributed by atoms with Crippen molar-refractivity contribution in [3.63, 3.8) is 0 Å². The summed E-state index contributed by atoms with van der Waals surface area (Å²) in [6, 6.07) is 8.21. The average Bonchev–Trinajstić information content (AvgIpc) is 3.42. The zero-order valence-corrected chi connectivity index (χ0v) is 17.7. The molecular weight excluding hydrogens is 384 g/mol. The molecule has 8 heteroatoms. The summed E-state index contributed by atoms with van der Waals surface area (Å²) in [6.45, 7) is 6.24. The van der Waals surface area contributed by atoms with Crippen molar-refractivity contribution < 1.29 is 4.74 Å². The molecule has 1 fully saturated rings.